The number of ether oxygens (including phenoxy) is 2. The predicted octanol–water partition coefficient (Wildman–Crippen LogP) is 3.70. The van der Waals surface area contributed by atoms with E-state index >= 15 is 0 Å². The van der Waals surface area contributed by atoms with Gasteiger partial charge in [-0.1, -0.05) is 17.3 Å². The number of alkyl halides is 2. The van der Waals surface area contributed by atoms with Gasteiger partial charge in [0.25, 0.3) is 0 Å². The molecule has 0 aliphatic carbocycles. The summed E-state index contributed by atoms with van der Waals surface area (Å²) in [7, 11) is 1.38. The van der Waals surface area contributed by atoms with Gasteiger partial charge in [-0.05, 0) is 35.6 Å². The Morgan fingerprint density at radius 1 is 1.28 bits per heavy atom. The van der Waals surface area contributed by atoms with Crippen LogP contribution in [-0.2, 0) is 17.6 Å². The van der Waals surface area contributed by atoms with Crippen LogP contribution in [0.1, 0.15) is 17.9 Å². The highest BCUT2D eigenvalue weighted by molar-refractivity contribution is 7.13. The van der Waals surface area contributed by atoms with Crippen LogP contribution in [0.4, 0.5) is 8.78 Å². The van der Waals surface area contributed by atoms with E-state index in [0.29, 0.717) is 31.1 Å². The Labute approximate surface area is 169 Å². The van der Waals surface area contributed by atoms with Gasteiger partial charge in [-0.15, -0.1) is 11.3 Å². The van der Waals surface area contributed by atoms with E-state index in [1.165, 1.54) is 24.5 Å². The second kappa shape index (κ2) is 9.97. The van der Waals surface area contributed by atoms with Crippen molar-refractivity contribution in [3.05, 3.63) is 47.2 Å². The van der Waals surface area contributed by atoms with Crippen LogP contribution >= 0.6 is 11.3 Å². The summed E-state index contributed by atoms with van der Waals surface area (Å²) in [6.07, 6.45) is 0.992. The monoisotopic (exact) mass is 423 g/mol. The van der Waals surface area contributed by atoms with Crippen LogP contribution in [0.3, 0.4) is 0 Å². The van der Waals surface area contributed by atoms with Crippen molar-refractivity contribution in [3.8, 4) is 22.2 Å². The number of carbonyl (C=O) groups is 1. The van der Waals surface area contributed by atoms with Gasteiger partial charge in [-0.3, -0.25) is 4.79 Å². The molecular formula is C19H19F2N3O4S. The van der Waals surface area contributed by atoms with E-state index in [9.17, 15) is 13.6 Å². The molecule has 0 radical (unpaired) electrons. The van der Waals surface area contributed by atoms with Gasteiger partial charge < -0.3 is 19.3 Å². The first-order valence-corrected chi connectivity index (χ1v) is 9.68. The minimum Gasteiger partial charge on any atom is -0.493 e. The maximum Gasteiger partial charge on any atom is 0.387 e. The summed E-state index contributed by atoms with van der Waals surface area (Å²) in [6.45, 7) is -2.59. The predicted molar refractivity (Wildman–Crippen MR) is 102 cm³/mol. The highest BCUT2D eigenvalue weighted by Gasteiger charge is 2.13. The van der Waals surface area contributed by atoms with Crippen LogP contribution < -0.4 is 14.8 Å². The Hall–Kier alpha value is -3.01. The number of halogens is 2. The number of nitrogens with one attached hydrogen (secondary N) is 1. The molecule has 154 valence electrons. The summed E-state index contributed by atoms with van der Waals surface area (Å²) in [5.41, 5.74) is 0.735. The van der Waals surface area contributed by atoms with Gasteiger partial charge in [-0.2, -0.15) is 13.8 Å². The fourth-order valence-electron chi connectivity index (χ4n) is 2.58. The largest absolute Gasteiger partial charge is 0.493 e. The number of benzene rings is 1. The Balaban J connectivity index is 1.44. The molecule has 0 fully saturated rings. The lowest BCUT2D eigenvalue weighted by atomic mass is 10.1. The second-order valence-electron chi connectivity index (χ2n) is 5.95. The molecule has 0 unspecified atom stereocenters. The van der Waals surface area contributed by atoms with Crippen LogP contribution in [0, 0.1) is 0 Å². The second-order valence-corrected chi connectivity index (χ2v) is 6.90. The molecule has 3 aromatic rings. The molecule has 0 saturated heterocycles. The van der Waals surface area contributed by atoms with E-state index in [1.54, 1.807) is 12.1 Å². The first kappa shape index (κ1) is 20.7. The number of amides is 1. The molecule has 0 spiro atoms. The van der Waals surface area contributed by atoms with Crippen molar-refractivity contribution in [1.29, 1.82) is 0 Å². The van der Waals surface area contributed by atoms with Crippen molar-refractivity contribution in [2.45, 2.75) is 25.9 Å². The lowest BCUT2D eigenvalue weighted by Gasteiger charge is -2.11. The number of hydrogen-bond acceptors (Lipinski definition) is 7. The van der Waals surface area contributed by atoms with Gasteiger partial charge in [0, 0.05) is 19.4 Å². The molecule has 1 N–H and O–H groups in total. The van der Waals surface area contributed by atoms with Crippen molar-refractivity contribution in [2.75, 3.05) is 13.7 Å². The number of hydrogen-bond donors (Lipinski definition) is 1. The van der Waals surface area contributed by atoms with Crippen LogP contribution in [-0.4, -0.2) is 36.3 Å². The minimum absolute atomic E-state index is 0.0377. The van der Waals surface area contributed by atoms with Crippen molar-refractivity contribution >= 4 is 17.2 Å². The van der Waals surface area contributed by atoms with Gasteiger partial charge in [0.05, 0.1) is 12.0 Å². The van der Waals surface area contributed by atoms with Crippen LogP contribution in [0.15, 0.2) is 40.2 Å². The summed E-state index contributed by atoms with van der Waals surface area (Å²) in [5, 5.41) is 8.60. The quantitative estimate of drug-likeness (QED) is 0.535. The van der Waals surface area contributed by atoms with Gasteiger partial charge in [-0.25, -0.2) is 0 Å². The summed E-state index contributed by atoms with van der Waals surface area (Å²) in [5.74, 6) is 0.923. The third-order valence-electron chi connectivity index (χ3n) is 3.96. The molecule has 2 aromatic heterocycles. The molecular weight excluding hydrogens is 404 g/mol. The van der Waals surface area contributed by atoms with E-state index in [-0.39, 0.29) is 23.8 Å². The average Bonchev–Trinajstić information content (AvgIpc) is 3.38. The minimum atomic E-state index is -2.94. The first-order chi connectivity index (χ1) is 14.0. The van der Waals surface area contributed by atoms with Crippen LogP contribution in [0.2, 0.25) is 0 Å². The zero-order chi connectivity index (χ0) is 20.6. The van der Waals surface area contributed by atoms with Crippen molar-refractivity contribution in [2.24, 2.45) is 0 Å². The normalized spacial score (nSPS) is 10.9. The Kier molecular flexibility index (Phi) is 7.12. The van der Waals surface area contributed by atoms with E-state index in [0.717, 1.165) is 10.4 Å². The number of methoxy groups -OCH3 is 1. The Bertz CT molecular complexity index is 931. The number of aryl methyl sites for hydroxylation is 1. The van der Waals surface area contributed by atoms with E-state index in [2.05, 4.69) is 20.2 Å². The van der Waals surface area contributed by atoms with Gasteiger partial charge in [0.2, 0.25) is 17.6 Å². The molecule has 0 saturated carbocycles. The highest BCUT2D eigenvalue weighted by atomic mass is 32.1. The lowest BCUT2D eigenvalue weighted by molar-refractivity contribution is -0.121. The highest BCUT2D eigenvalue weighted by Crippen LogP contribution is 2.29. The van der Waals surface area contributed by atoms with Gasteiger partial charge in [0.1, 0.15) is 0 Å². The fraction of sp³-hybridized carbons (Fsp3) is 0.316. The molecule has 0 bridgehead atoms. The number of aromatic nitrogens is 2. The van der Waals surface area contributed by atoms with E-state index < -0.39 is 6.61 Å². The fourth-order valence-corrected chi connectivity index (χ4v) is 3.23. The molecule has 3 rings (SSSR count). The smallest absolute Gasteiger partial charge is 0.387 e. The zero-order valence-corrected chi connectivity index (χ0v) is 16.4. The molecule has 1 amide bonds. The summed E-state index contributed by atoms with van der Waals surface area (Å²) >= 11 is 1.51. The number of thiophene rings is 1. The summed E-state index contributed by atoms with van der Waals surface area (Å²) < 4.78 is 39.6. The topological polar surface area (TPSA) is 86.5 Å². The van der Waals surface area contributed by atoms with Crippen molar-refractivity contribution in [1.82, 2.24) is 15.5 Å². The molecule has 29 heavy (non-hydrogen) atoms. The average molecular weight is 423 g/mol. The van der Waals surface area contributed by atoms with E-state index in [1.807, 2.05) is 17.5 Å². The maximum atomic E-state index is 12.5. The number of rotatable bonds is 10. The molecule has 2 heterocycles. The third-order valence-corrected chi connectivity index (χ3v) is 4.82. The standard InChI is InChI=1S/C19H19F2N3O4S/c1-26-13-5-4-12(11-14(13)27-19(20)21)8-9-22-16(25)6-7-17-23-18(24-28-17)15-3-2-10-29-15/h2-5,10-11,19H,6-9H2,1H3,(H,22,25). The molecule has 1 aromatic carbocycles. The summed E-state index contributed by atoms with van der Waals surface area (Å²) in [4.78, 5) is 17.2. The first-order valence-electron chi connectivity index (χ1n) is 8.80. The van der Waals surface area contributed by atoms with Crippen LogP contribution in [0.25, 0.3) is 10.7 Å². The lowest BCUT2D eigenvalue weighted by Crippen LogP contribution is -2.25. The number of carbonyl (C=O) groups excluding carboxylic acids is 1. The number of nitrogens with zero attached hydrogens (tertiary/aromatic N) is 2. The molecule has 7 nitrogen and oxygen atoms in total. The van der Waals surface area contributed by atoms with Crippen molar-refractivity contribution in [3.63, 3.8) is 0 Å². The van der Waals surface area contributed by atoms with E-state index in [4.69, 9.17) is 9.26 Å². The molecule has 0 aliphatic heterocycles. The Morgan fingerprint density at radius 3 is 2.86 bits per heavy atom. The zero-order valence-electron chi connectivity index (χ0n) is 15.6. The molecule has 10 heteroatoms. The Morgan fingerprint density at radius 2 is 2.14 bits per heavy atom. The third kappa shape index (κ3) is 5.98. The van der Waals surface area contributed by atoms with Gasteiger partial charge in [0.15, 0.2) is 11.5 Å². The molecule has 0 atom stereocenters. The SMILES string of the molecule is COc1ccc(CCNC(=O)CCc2nc(-c3cccs3)no2)cc1OC(F)F. The summed E-state index contributed by atoms with van der Waals surface area (Å²) in [6, 6.07) is 8.54. The van der Waals surface area contributed by atoms with Crippen LogP contribution in [0.5, 0.6) is 11.5 Å². The van der Waals surface area contributed by atoms with Crippen molar-refractivity contribution < 1.29 is 27.6 Å². The van der Waals surface area contributed by atoms with Gasteiger partial charge >= 0.3 is 6.61 Å². The maximum absolute atomic E-state index is 12.5. The molecule has 0 aliphatic rings.